The summed E-state index contributed by atoms with van der Waals surface area (Å²) in [5.74, 6) is 1.57. The number of hydrogen-bond donors (Lipinski definition) is 2. The molecule has 28 heavy (non-hydrogen) atoms. The molecule has 0 radical (unpaired) electrons. The first kappa shape index (κ1) is 20.0. The number of fused-ring (bicyclic) bond motifs is 2. The third-order valence-corrected chi connectivity index (χ3v) is 4.27. The van der Waals surface area contributed by atoms with Crippen LogP contribution in [-0.2, 0) is 13.1 Å². The van der Waals surface area contributed by atoms with Crippen LogP contribution < -0.4 is 10.6 Å². The van der Waals surface area contributed by atoms with Gasteiger partial charge in [0.2, 0.25) is 0 Å². The van der Waals surface area contributed by atoms with Gasteiger partial charge in [-0.1, -0.05) is 30.3 Å². The van der Waals surface area contributed by atoms with Crippen LogP contribution in [0.5, 0.6) is 0 Å². The van der Waals surface area contributed by atoms with Crippen LogP contribution in [-0.4, -0.2) is 32.1 Å². The number of para-hydroxylation sites is 1. The summed E-state index contributed by atoms with van der Waals surface area (Å²) < 4.78 is 1.96. The summed E-state index contributed by atoms with van der Waals surface area (Å²) >= 11 is 0. The van der Waals surface area contributed by atoms with E-state index in [4.69, 9.17) is 4.99 Å². The lowest BCUT2D eigenvalue weighted by Gasteiger charge is -2.11. The molecule has 144 valence electrons. The zero-order valence-corrected chi connectivity index (χ0v) is 17.9. The predicted molar refractivity (Wildman–Crippen MR) is 122 cm³/mol. The van der Waals surface area contributed by atoms with E-state index in [0.717, 1.165) is 40.4 Å². The van der Waals surface area contributed by atoms with Gasteiger partial charge in [0.25, 0.3) is 0 Å². The molecule has 4 aromatic rings. The lowest BCUT2D eigenvalue weighted by Crippen LogP contribution is -2.37. The average molecular weight is 487 g/mol. The van der Waals surface area contributed by atoms with Crippen LogP contribution in [0.4, 0.5) is 0 Å². The van der Waals surface area contributed by atoms with E-state index >= 15 is 0 Å². The highest BCUT2D eigenvalue weighted by Gasteiger charge is 2.06. The van der Waals surface area contributed by atoms with Crippen LogP contribution in [0, 0.1) is 0 Å². The first-order valence-electron chi connectivity index (χ1n) is 8.98. The molecule has 0 spiro atoms. The minimum atomic E-state index is 0. The second kappa shape index (κ2) is 9.45. The molecule has 0 aliphatic rings. The van der Waals surface area contributed by atoms with Gasteiger partial charge in [-0.05, 0) is 30.7 Å². The minimum absolute atomic E-state index is 0. The standard InChI is InChI=1S/C20H21N7.HI/c1-2-21-20(24-14-18-26-25-17-10-3-4-12-27(17)18)23-13-16-8-5-7-15-9-6-11-22-19(15)16;/h3-12H,2,13-14H2,1H3,(H2,21,23,24);1H. The van der Waals surface area contributed by atoms with Gasteiger partial charge in [0.1, 0.15) is 0 Å². The van der Waals surface area contributed by atoms with Gasteiger partial charge in [-0.2, -0.15) is 0 Å². The number of nitrogens with zero attached hydrogens (tertiary/aromatic N) is 5. The Hall–Kier alpha value is -2.75. The highest BCUT2D eigenvalue weighted by molar-refractivity contribution is 14.0. The lowest BCUT2D eigenvalue weighted by molar-refractivity contribution is 0.765. The van der Waals surface area contributed by atoms with E-state index in [2.05, 4.69) is 44.0 Å². The Morgan fingerprint density at radius 1 is 1.04 bits per heavy atom. The summed E-state index contributed by atoms with van der Waals surface area (Å²) in [7, 11) is 0. The molecule has 0 atom stereocenters. The highest BCUT2D eigenvalue weighted by atomic mass is 127. The van der Waals surface area contributed by atoms with Crippen molar-refractivity contribution in [2.45, 2.75) is 20.0 Å². The van der Waals surface area contributed by atoms with E-state index in [1.54, 1.807) is 0 Å². The molecule has 0 fully saturated rings. The quantitative estimate of drug-likeness (QED) is 0.257. The number of hydrogen-bond acceptors (Lipinski definition) is 4. The van der Waals surface area contributed by atoms with Crippen LogP contribution in [0.15, 0.2) is 65.9 Å². The van der Waals surface area contributed by atoms with Crippen molar-refractivity contribution in [3.63, 3.8) is 0 Å². The van der Waals surface area contributed by atoms with Crippen LogP contribution in [0.2, 0.25) is 0 Å². The SMILES string of the molecule is CCNC(=NCc1cccc2cccnc12)NCc1nnc2ccccn12.I. The average Bonchev–Trinajstić information content (AvgIpc) is 3.13. The first-order chi connectivity index (χ1) is 13.3. The van der Waals surface area contributed by atoms with Gasteiger partial charge in [-0.3, -0.25) is 9.38 Å². The molecule has 0 amide bonds. The molecule has 0 aliphatic heterocycles. The summed E-state index contributed by atoms with van der Waals surface area (Å²) in [5, 5.41) is 16.1. The first-order valence-corrected chi connectivity index (χ1v) is 8.98. The highest BCUT2D eigenvalue weighted by Crippen LogP contribution is 2.16. The molecular formula is C20H22IN7. The topological polar surface area (TPSA) is 79.5 Å². The summed E-state index contributed by atoms with van der Waals surface area (Å²) in [6.07, 6.45) is 3.77. The van der Waals surface area contributed by atoms with Crippen molar-refractivity contribution in [1.29, 1.82) is 0 Å². The van der Waals surface area contributed by atoms with Gasteiger partial charge >= 0.3 is 0 Å². The zero-order valence-electron chi connectivity index (χ0n) is 15.5. The number of nitrogens with one attached hydrogen (secondary N) is 2. The molecular weight excluding hydrogens is 465 g/mol. The second-order valence-electron chi connectivity index (χ2n) is 6.09. The van der Waals surface area contributed by atoms with Gasteiger partial charge in [0.05, 0.1) is 18.6 Å². The summed E-state index contributed by atoms with van der Waals surface area (Å²) in [5.41, 5.74) is 2.92. The monoisotopic (exact) mass is 487 g/mol. The fourth-order valence-corrected chi connectivity index (χ4v) is 2.98. The maximum absolute atomic E-state index is 4.71. The smallest absolute Gasteiger partial charge is 0.191 e. The number of rotatable bonds is 5. The van der Waals surface area contributed by atoms with Gasteiger partial charge in [0.15, 0.2) is 17.4 Å². The number of halogens is 1. The largest absolute Gasteiger partial charge is 0.357 e. The molecule has 0 saturated heterocycles. The van der Waals surface area contributed by atoms with Crippen molar-refractivity contribution in [2.24, 2.45) is 4.99 Å². The summed E-state index contributed by atoms with van der Waals surface area (Å²) in [6.45, 7) is 3.90. The van der Waals surface area contributed by atoms with Gasteiger partial charge in [0, 0.05) is 24.3 Å². The van der Waals surface area contributed by atoms with Crippen molar-refractivity contribution in [1.82, 2.24) is 30.2 Å². The lowest BCUT2D eigenvalue weighted by atomic mass is 10.1. The molecule has 2 N–H and O–H groups in total. The number of benzene rings is 1. The Kier molecular flexibility index (Phi) is 6.75. The molecule has 4 rings (SSSR count). The second-order valence-corrected chi connectivity index (χ2v) is 6.09. The van der Waals surface area contributed by atoms with Crippen LogP contribution >= 0.6 is 24.0 Å². The van der Waals surface area contributed by atoms with Crippen molar-refractivity contribution in [3.05, 3.63) is 72.3 Å². The summed E-state index contributed by atoms with van der Waals surface area (Å²) in [4.78, 5) is 9.20. The Balaban J connectivity index is 0.00000225. The van der Waals surface area contributed by atoms with Crippen molar-refractivity contribution in [3.8, 4) is 0 Å². The Morgan fingerprint density at radius 3 is 2.82 bits per heavy atom. The number of pyridine rings is 2. The van der Waals surface area contributed by atoms with E-state index in [1.165, 1.54) is 0 Å². The van der Waals surface area contributed by atoms with Gasteiger partial charge in [-0.15, -0.1) is 34.2 Å². The Bertz CT molecular complexity index is 1080. The third-order valence-electron chi connectivity index (χ3n) is 4.27. The predicted octanol–water partition coefficient (Wildman–Crippen LogP) is 3.15. The molecule has 1 aromatic carbocycles. The van der Waals surface area contributed by atoms with Crippen molar-refractivity contribution in [2.75, 3.05) is 6.54 Å². The fraction of sp³-hybridized carbons (Fsp3) is 0.200. The van der Waals surface area contributed by atoms with Crippen LogP contribution in [0.3, 0.4) is 0 Å². The van der Waals surface area contributed by atoms with Crippen LogP contribution in [0.1, 0.15) is 18.3 Å². The molecule has 0 saturated carbocycles. The van der Waals surface area contributed by atoms with E-state index in [9.17, 15) is 0 Å². The maximum atomic E-state index is 4.71. The molecule has 0 unspecified atom stereocenters. The van der Waals surface area contributed by atoms with E-state index < -0.39 is 0 Å². The van der Waals surface area contributed by atoms with Crippen LogP contribution in [0.25, 0.3) is 16.6 Å². The zero-order chi connectivity index (χ0) is 18.5. The molecule has 3 heterocycles. The van der Waals surface area contributed by atoms with Crippen molar-refractivity contribution >= 4 is 46.5 Å². The minimum Gasteiger partial charge on any atom is -0.357 e. The van der Waals surface area contributed by atoms with Gasteiger partial charge in [-0.25, -0.2) is 4.99 Å². The van der Waals surface area contributed by atoms with Gasteiger partial charge < -0.3 is 10.6 Å². The Labute approximate surface area is 180 Å². The molecule has 0 bridgehead atoms. The molecule has 8 heteroatoms. The number of guanidine groups is 1. The van der Waals surface area contributed by atoms with E-state index in [1.807, 2.05) is 54.0 Å². The van der Waals surface area contributed by atoms with E-state index in [0.29, 0.717) is 13.1 Å². The normalized spacial score (nSPS) is 11.4. The van der Waals surface area contributed by atoms with Crippen molar-refractivity contribution < 1.29 is 0 Å². The molecule has 7 nitrogen and oxygen atoms in total. The molecule has 0 aliphatic carbocycles. The Morgan fingerprint density at radius 2 is 1.93 bits per heavy atom. The third kappa shape index (κ3) is 4.38. The number of aromatic nitrogens is 4. The number of aliphatic imine (C=N–C) groups is 1. The summed E-state index contributed by atoms with van der Waals surface area (Å²) in [6, 6.07) is 16.0. The van der Waals surface area contributed by atoms with E-state index in [-0.39, 0.29) is 24.0 Å². The maximum Gasteiger partial charge on any atom is 0.191 e. The molecule has 3 aromatic heterocycles. The fourth-order valence-electron chi connectivity index (χ4n) is 2.98.